The highest BCUT2D eigenvalue weighted by atomic mass is 16.5. The van der Waals surface area contributed by atoms with Crippen molar-refractivity contribution in [3.8, 4) is 0 Å². The SMILES string of the molecule is O=C1C=Cc2ccccc2C12CCCO2. The molecule has 0 saturated carbocycles. The lowest BCUT2D eigenvalue weighted by Gasteiger charge is -2.30. The Labute approximate surface area is 88.6 Å². The Bertz CT molecular complexity index is 440. The second-order valence-corrected chi connectivity index (χ2v) is 4.06. The molecule has 1 aromatic carbocycles. The molecule has 0 bridgehead atoms. The molecule has 2 aliphatic rings. The Morgan fingerprint density at radius 2 is 2.07 bits per heavy atom. The number of ether oxygens (including phenoxy) is 1. The fourth-order valence-corrected chi connectivity index (χ4v) is 2.49. The Kier molecular flexibility index (Phi) is 1.80. The van der Waals surface area contributed by atoms with E-state index in [1.54, 1.807) is 6.08 Å². The lowest BCUT2D eigenvalue weighted by Crippen LogP contribution is -2.36. The second kappa shape index (κ2) is 3.04. The number of hydrogen-bond acceptors (Lipinski definition) is 2. The molecule has 1 aliphatic heterocycles. The van der Waals surface area contributed by atoms with Gasteiger partial charge in [0.05, 0.1) is 0 Å². The van der Waals surface area contributed by atoms with Crippen LogP contribution in [0.3, 0.4) is 0 Å². The van der Waals surface area contributed by atoms with Crippen molar-refractivity contribution in [3.05, 3.63) is 41.5 Å². The van der Waals surface area contributed by atoms with Crippen molar-refractivity contribution in [2.45, 2.75) is 18.4 Å². The Balaban J connectivity index is 2.22. The van der Waals surface area contributed by atoms with Gasteiger partial charge in [0.1, 0.15) is 0 Å². The molecule has 0 amide bonds. The Hall–Kier alpha value is -1.41. The summed E-state index contributed by atoms with van der Waals surface area (Å²) in [7, 11) is 0. The van der Waals surface area contributed by atoms with Gasteiger partial charge in [-0.2, -0.15) is 0 Å². The summed E-state index contributed by atoms with van der Waals surface area (Å²) < 4.78 is 5.72. The van der Waals surface area contributed by atoms with E-state index >= 15 is 0 Å². The summed E-state index contributed by atoms with van der Waals surface area (Å²) in [6, 6.07) is 7.99. The highest BCUT2D eigenvalue weighted by Crippen LogP contribution is 2.41. The lowest BCUT2D eigenvalue weighted by atomic mass is 9.80. The van der Waals surface area contributed by atoms with Crippen LogP contribution in [0.1, 0.15) is 24.0 Å². The van der Waals surface area contributed by atoms with Crippen molar-refractivity contribution in [2.24, 2.45) is 0 Å². The van der Waals surface area contributed by atoms with E-state index in [-0.39, 0.29) is 5.78 Å². The molecule has 1 atom stereocenters. The number of rotatable bonds is 0. The molecular formula is C13H12O2. The summed E-state index contributed by atoms with van der Waals surface area (Å²) in [6.07, 6.45) is 5.30. The van der Waals surface area contributed by atoms with E-state index in [4.69, 9.17) is 4.74 Å². The fourth-order valence-electron chi connectivity index (χ4n) is 2.49. The molecule has 1 heterocycles. The van der Waals surface area contributed by atoms with E-state index in [0.29, 0.717) is 6.61 Å². The zero-order valence-corrected chi connectivity index (χ0v) is 8.40. The molecule has 1 saturated heterocycles. The largest absolute Gasteiger partial charge is 0.362 e. The summed E-state index contributed by atoms with van der Waals surface area (Å²) in [6.45, 7) is 0.688. The average Bonchev–Trinajstić information content (AvgIpc) is 2.75. The first kappa shape index (κ1) is 8.86. The molecule has 0 aromatic heterocycles. The third kappa shape index (κ3) is 1.11. The lowest BCUT2D eigenvalue weighted by molar-refractivity contribution is -0.135. The summed E-state index contributed by atoms with van der Waals surface area (Å²) in [5, 5.41) is 0. The number of hydrogen-bond donors (Lipinski definition) is 0. The first-order valence-corrected chi connectivity index (χ1v) is 5.29. The highest BCUT2D eigenvalue weighted by Gasteiger charge is 2.45. The standard InChI is InChI=1S/C13H12O2/c14-12-7-6-10-4-1-2-5-11(10)13(12)8-3-9-15-13/h1-2,4-7H,3,8-9H2. The zero-order chi connectivity index (χ0) is 10.3. The van der Waals surface area contributed by atoms with Gasteiger partial charge in [-0.3, -0.25) is 4.79 Å². The second-order valence-electron chi connectivity index (χ2n) is 4.06. The first-order valence-electron chi connectivity index (χ1n) is 5.29. The minimum absolute atomic E-state index is 0.0960. The molecule has 1 aliphatic carbocycles. The molecule has 1 unspecified atom stereocenters. The van der Waals surface area contributed by atoms with Crippen LogP contribution in [0.25, 0.3) is 6.08 Å². The highest BCUT2D eigenvalue weighted by molar-refractivity contribution is 6.04. The molecule has 1 spiro atoms. The predicted molar refractivity (Wildman–Crippen MR) is 57.3 cm³/mol. The minimum Gasteiger partial charge on any atom is -0.362 e. The van der Waals surface area contributed by atoms with Crippen molar-refractivity contribution in [2.75, 3.05) is 6.61 Å². The van der Waals surface area contributed by atoms with Gasteiger partial charge in [-0.15, -0.1) is 0 Å². The summed E-state index contributed by atoms with van der Waals surface area (Å²) in [5.41, 5.74) is 1.49. The van der Waals surface area contributed by atoms with Crippen LogP contribution in [0.5, 0.6) is 0 Å². The van der Waals surface area contributed by atoms with E-state index in [1.807, 2.05) is 30.3 Å². The van der Waals surface area contributed by atoms with Crippen molar-refractivity contribution in [3.63, 3.8) is 0 Å². The number of carbonyl (C=O) groups is 1. The third-order valence-corrected chi connectivity index (χ3v) is 3.23. The van der Waals surface area contributed by atoms with Gasteiger partial charge in [-0.25, -0.2) is 0 Å². The van der Waals surface area contributed by atoms with Gasteiger partial charge < -0.3 is 4.74 Å². The number of fused-ring (bicyclic) bond motifs is 2. The van der Waals surface area contributed by atoms with Gasteiger partial charge in [0, 0.05) is 6.61 Å². The molecule has 2 heteroatoms. The molecule has 1 aromatic rings. The summed E-state index contributed by atoms with van der Waals surface area (Å²) >= 11 is 0. The normalized spacial score (nSPS) is 28.4. The fraction of sp³-hybridized carbons (Fsp3) is 0.308. The van der Waals surface area contributed by atoms with E-state index < -0.39 is 5.60 Å². The van der Waals surface area contributed by atoms with Gasteiger partial charge in [-0.05, 0) is 30.0 Å². The Morgan fingerprint density at radius 3 is 2.87 bits per heavy atom. The Morgan fingerprint density at radius 1 is 1.20 bits per heavy atom. The summed E-state index contributed by atoms with van der Waals surface area (Å²) in [5.74, 6) is 0.0960. The van der Waals surface area contributed by atoms with Gasteiger partial charge in [0.15, 0.2) is 11.4 Å². The van der Waals surface area contributed by atoms with Crippen LogP contribution in [-0.4, -0.2) is 12.4 Å². The van der Waals surface area contributed by atoms with Gasteiger partial charge in [-0.1, -0.05) is 30.3 Å². The van der Waals surface area contributed by atoms with Crippen LogP contribution in [0.15, 0.2) is 30.3 Å². The maximum atomic E-state index is 12.0. The topological polar surface area (TPSA) is 26.3 Å². The predicted octanol–water partition coefficient (Wildman–Crippen LogP) is 2.29. The van der Waals surface area contributed by atoms with Crippen molar-refractivity contribution >= 4 is 11.9 Å². The maximum Gasteiger partial charge on any atom is 0.192 e. The molecular weight excluding hydrogens is 188 g/mol. The third-order valence-electron chi connectivity index (χ3n) is 3.23. The number of benzene rings is 1. The summed E-state index contributed by atoms with van der Waals surface area (Å²) in [4.78, 5) is 12.0. The first-order chi connectivity index (χ1) is 7.33. The monoisotopic (exact) mass is 200 g/mol. The minimum atomic E-state index is -0.661. The molecule has 76 valence electrons. The van der Waals surface area contributed by atoms with Gasteiger partial charge in [0.2, 0.25) is 0 Å². The van der Waals surface area contributed by atoms with Crippen molar-refractivity contribution in [1.29, 1.82) is 0 Å². The van der Waals surface area contributed by atoms with Gasteiger partial charge >= 0.3 is 0 Å². The van der Waals surface area contributed by atoms with Crippen molar-refractivity contribution < 1.29 is 9.53 Å². The smallest absolute Gasteiger partial charge is 0.192 e. The molecule has 0 radical (unpaired) electrons. The number of ketones is 1. The molecule has 3 rings (SSSR count). The molecule has 2 nitrogen and oxygen atoms in total. The van der Waals surface area contributed by atoms with Crippen LogP contribution in [0.2, 0.25) is 0 Å². The van der Waals surface area contributed by atoms with Crippen LogP contribution >= 0.6 is 0 Å². The quantitative estimate of drug-likeness (QED) is 0.642. The van der Waals surface area contributed by atoms with Crippen LogP contribution in [0, 0.1) is 0 Å². The van der Waals surface area contributed by atoms with Gasteiger partial charge in [0.25, 0.3) is 0 Å². The van der Waals surface area contributed by atoms with E-state index in [9.17, 15) is 4.79 Å². The number of carbonyl (C=O) groups excluding carboxylic acids is 1. The maximum absolute atomic E-state index is 12.0. The molecule has 0 N–H and O–H groups in total. The van der Waals surface area contributed by atoms with Crippen LogP contribution in [-0.2, 0) is 15.1 Å². The van der Waals surface area contributed by atoms with Crippen LogP contribution < -0.4 is 0 Å². The molecule has 15 heavy (non-hydrogen) atoms. The van der Waals surface area contributed by atoms with E-state index in [0.717, 1.165) is 24.0 Å². The van der Waals surface area contributed by atoms with E-state index in [1.165, 1.54) is 0 Å². The molecule has 1 fully saturated rings. The zero-order valence-electron chi connectivity index (χ0n) is 8.40. The van der Waals surface area contributed by atoms with Crippen molar-refractivity contribution in [1.82, 2.24) is 0 Å². The van der Waals surface area contributed by atoms with E-state index in [2.05, 4.69) is 0 Å². The average molecular weight is 200 g/mol. The van der Waals surface area contributed by atoms with Crippen LogP contribution in [0.4, 0.5) is 0 Å².